The fraction of sp³-hybridized carbons (Fsp3) is 0.750. The summed E-state index contributed by atoms with van der Waals surface area (Å²) in [4.78, 5) is 11.4. The van der Waals surface area contributed by atoms with Gasteiger partial charge in [0.2, 0.25) is 0 Å². The van der Waals surface area contributed by atoms with Crippen molar-refractivity contribution >= 4 is 17.7 Å². The minimum atomic E-state index is -0.443. The second-order valence-corrected chi connectivity index (χ2v) is 5.94. The van der Waals surface area contributed by atoms with Crippen LogP contribution in [0.4, 0.5) is 4.79 Å². The maximum absolute atomic E-state index is 11.4. The summed E-state index contributed by atoms with van der Waals surface area (Å²) in [6.45, 7) is 9.78. The Morgan fingerprint density at radius 3 is 2.47 bits per heavy atom. The molecule has 4 nitrogen and oxygen atoms in total. The molecule has 0 radical (unpaired) electrons. The highest BCUT2D eigenvalue weighted by Gasteiger charge is 2.31. The van der Waals surface area contributed by atoms with Crippen LogP contribution in [0, 0.1) is 0 Å². The van der Waals surface area contributed by atoms with Gasteiger partial charge in [0.15, 0.2) is 0 Å². The lowest BCUT2D eigenvalue weighted by Crippen LogP contribution is -2.53. The number of rotatable bonds is 4. The molecular weight excluding hydrogens is 240 g/mol. The zero-order chi connectivity index (χ0) is 13.1. The summed E-state index contributed by atoms with van der Waals surface area (Å²) < 4.78 is 5.17. The van der Waals surface area contributed by atoms with E-state index in [0.29, 0.717) is 17.6 Å². The lowest BCUT2D eigenvalue weighted by atomic mass is 9.87. The van der Waals surface area contributed by atoms with E-state index in [1.807, 2.05) is 20.8 Å². The lowest BCUT2D eigenvalue weighted by Gasteiger charge is -2.36. The molecule has 0 spiro atoms. The molecule has 0 unspecified atom stereocenters. The van der Waals surface area contributed by atoms with Gasteiger partial charge in [0, 0.05) is 23.7 Å². The van der Waals surface area contributed by atoms with Gasteiger partial charge in [-0.15, -0.1) is 0 Å². The van der Waals surface area contributed by atoms with Crippen LogP contribution in [-0.2, 0) is 4.74 Å². The van der Waals surface area contributed by atoms with Gasteiger partial charge in [-0.25, -0.2) is 4.79 Å². The van der Waals surface area contributed by atoms with Crippen molar-refractivity contribution in [2.75, 3.05) is 6.54 Å². The Labute approximate surface area is 108 Å². The summed E-state index contributed by atoms with van der Waals surface area (Å²) in [5.41, 5.74) is -0.443. The average Bonchev–Trinajstić information content (AvgIpc) is 2.04. The molecule has 0 aliphatic heterocycles. The van der Waals surface area contributed by atoms with Crippen molar-refractivity contribution in [2.45, 2.75) is 51.3 Å². The molecule has 1 aliphatic carbocycles. The maximum atomic E-state index is 11.4. The van der Waals surface area contributed by atoms with Crippen LogP contribution in [0.5, 0.6) is 0 Å². The van der Waals surface area contributed by atoms with E-state index in [9.17, 15) is 4.79 Å². The number of nitrogens with one attached hydrogen (secondary N) is 2. The van der Waals surface area contributed by atoms with Gasteiger partial charge in [-0.3, -0.25) is 0 Å². The Kier molecular flexibility index (Phi) is 4.83. The van der Waals surface area contributed by atoms with Crippen LogP contribution >= 0.6 is 11.6 Å². The Morgan fingerprint density at radius 2 is 2.00 bits per heavy atom. The molecular formula is C12H21ClN2O2. The summed E-state index contributed by atoms with van der Waals surface area (Å²) in [5.74, 6) is 0. The fourth-order valence-corrected chi connectivity index (χ4v) is 1.71. The smallest absolute Gasteiger partial charge is 0.407 e. The third-order valence-electron chi connectivity index (χ3n) is 2.44. The zero-order valence-corrected chi connectivity index (χ0v) is 11.4. The number of carbonyl (C=O) groups is 1. The molecule has 1 rings (SSSR count). The number of halogens is 1. The summed E-state index contributed by atoms with van der Waals surface area (Å²) in [5, 5.41) is 6.69. The van der Waals surface area contributed by atoms with Crippen molar-refractivity contribution < 1.29 is 9.53 Å². The van der Waals surface area contributed by atoms with Gasteiger partial charge in [-0.1, -0.05) is 18.2 Å². The van der Waals surface area contributed by atoms with Crippen molar-refractivity contribution in [3.05, 3.63) is 11.6 Å². The fourth-order valence-electron chi connectivity index (χ4n) is 1.63. The van der Waals surface area contributed by atoms with Crippen LogP contribution in [-0.4, -0.2) is 30.3 Å². The van der Waals surface area contributed by atoms with Gasteiger partial charge < -0.3 is 15.4 Å². The Hall–Kier alpha value is -0.740. The quantitative estimate of drug-likeness (QED) is 0.816. The highest BCUT2D eigenvalue weighted by atomic mass is 35.5. The molecule has 0 aromatic rings. The van der Waals surface area contributed by atoms with Crippen LogP contribution in [0.2, 0.25) is 0 Å². The highest BCUT2D eigenvalue weighted by Crippen LogP contribution is 2.20. The topological polar surface area (TPSA) is 50.4 Å². The number of carbonyl (C=O) groups excluding carboxylic acids is 1. The number of alkyl carbamates (subject to hydrolysis) is 1. The monoisotopic (exact) mass is 260 g/mol. The van der Waals surface area contributed by atoms with E-state index in [-0.39, 0.29) is 12.1 Å². The molecule has 5 heteroatoms. The molecule has 0 atom stereocenters. The molecule has 1 aliphatic rings. The summed E-state index contributed by atoms with van der Waals surface area (Å²) in [7, 11) is 0. The molecule has 1 saturated carbocycles. The largest absolute Gasteiger partial charge is 0.444 e. The molecule has 98 valence electrons. The van der Waals surface area contributed by atoms with Crippen LogP contribution in [0.3, 0.4) is 0 Å². The summed E-state index contributed by atoms with van der Waals surface area (Å²) in [6, 6.07) is 0.608. The summed E-state index contributed by atoms with van der Waals surface area (Å²) in [6.07, 6.45) is 1.47. The predicted octanol–water partition coefficient (Wildman–Crippen LogP) is 2.38. The standard InChI is InChI=1S/C12H21ClN2O2/c1-8(13)7-14-9-5-10(6-9)15-11(16)17-12(2,3)4/h9-10,14H,1,5-7H2,2-4H3,(H,15,16). The van der Waals surface area contributed by atoms with Crippen molar-refractivity contribution in [3.8, 4) is 0 Å². The molecule has 0 aromatic heterocycles. The number of amides is 1. The second-order valence-electron chi connectivity index (χ2n) is 5.41. The number of hydrogen-bond acceptors (Lipinski definition) is 3. The van der Waals surface area contributed by atoms with Crippen molar-refractivity contribution in [2.24, 2.45) is 0 Å². The van der Waals surface area contributed by atoms with E-state index >= 15 is 0 Å². The Bertz CT molecular complexity index is 293. The molecule has 0 aromatic carbocycles. The molecule has 1 amide bonds. The van der Waals surface area contributed by atoms with E-state index in [2.05, 4.69) is 17.2 Å². The van der Waals surface area contributed by atoms with Crippen LogP contribution in [0.1, 0.15) is 33.6 Å². The first-order chi connectivity index (χ1) is 7.76. The van der Waals surface area contributed by atoms with E-state index in [1.165, 1.54) is 0 Å². The third-order valence-corrected chi connectivity index (χ3v) is 2.58. The van der Waals surface area contributed by atoms with Gasteiger partial charge in [0.1, 0.15) is 5.60 Å². The summed E-state index contributed by atoms with van der Waals surface area (Å²) >= 11 is 5.65. The zero-order valence-electron chi connectivity index (χ0n) is 10.7. The molecule has 0 heterocycles. The van der Waals surface area contributed by atoms with Gasteiger partial charge in [0.25, 0.3) is 0 Å². The van der Waals surface area contributed by atoms with Gasteiger partial charge in [0.05, 0.1) is 0 Å². The van der Waals surface area contributed by atoms with Crippen molar-refractivity contribution in [1.82, 2.24) is 10.6 Å². The Balaban J connectivity index is 2.13. The molecule has 1 fully saturated rings. The molecule has 0 bridgehead atoms. The van der Waals surface area contributed by atoms with Crippen molar-refractivity contribution in [3.63, 3.8) is 0 Å². The molecule has 2 N–H and O–H groups in total. The van der Waals surface area contributed by atoms with Crippen LogP contribution in [0.15, 0.2) is 11.6 Å². The average molecular weight is 261 g/mol. The van der Waals surface area contributed by atoms with E-state index in [1.54, 1.807) is 0 Å². The van der Waals surface area contributed by atoms with E-state index in [4.69, 9.17) is 16.3 Å². The number of hydrogen-bond donors (Lipinski definition) is 2. The SMILES string of the molecule is C=C(Cl)CNC1CC(NC(=O)OC(C)(C)C)C1. The first kappa shape index (κ1) is 14.3. The molecule has 17 heavy (non-hydrogen) atoms. The third kappa shape index (κ3) is 5.94. The minimum Gasteiger partial charge on any atom is -0.444 e. The first-order valence-corrected chi connectivity index (χ1v) is 6.20. The maximum Gasteiger partial charge on any atom is 0.407 e. The number of ether oxygens (including phenoxy) is 1. The van der Waals surface area contributed by atoms with Crippen LogP contribution in [0.25, 0.3) is 0 Å². The minimum absolute atomic E-state index is 0.200. The lowest BCUT2D eigenvalue weighted by molar-refractivity contribution is 0.0466. The Morgan fingerprint density at radius 1 is 1.41 bits per heavy atom. The predicted molar refractivity (Wildman–Crippen MR) is 69.2 cm³/mol. The first-order valence-electron chi connectivity index (χ1n) is 5.82. The van der Waals surface area contributed by atoms with Crippen LogP contribution < -0.4 is 10.6 Å². The van der Waals surface area contributed by atoms with Gasteiger partial charge in [-0.2, -0.15) is 0 Å². The van der Waals surface area contributed by atoms with Gasteiger partial charge in [-0.05, 0) is 33.6 Å². The highest BCUT2D eigenvalue weighted by molar-refractivity contribution is 6.29. The second kappa shape index (κ2) is 5.74. The van der Waals surface area contributed by atoms with E-state index in [0.717, 1.165) is 12.8 Å². The molecule has 0 saturated heterocycles. The normalized spacial score (nSPS) is 23.8. The van der Waals surface area contributed by atoms with E-state index < -0.39 is 5.60 Å². The van der Waals surface area contributed by atoms with Gasteiger partial charge >= 0.3 is 6.09 Å². The van der Waals surface area contributed by atoms with Crippen molar-refractivity contribution in [1.29, 1.82) is 0 Å².